The van der Waals surface area contributed by atoms with Crippen LogP contribution < -0.4 is 0 Å². The Bertz CT molecular complexity index is 468. The average molecular weight is 277 g/mol. The van der Waals surface area contributed by atoms with Crippen LogP contribution in [0.15, 0.2) is 28.0 Å². The monoisotopic (exact) mass is 277 g/mol. The molecule has 1 aromatic rings. The van der Waals surface area contributed by atoms with E-state index in [0.717, 1.165) is 5.41 Å². The first-order valence-electron chi connectivity index (χ1n) is 7.02. The van der Waals surface area contributed by atoms with Crippen molar-refractivity contribution >= 4 is 23.7 Å². The molecule has 1 spiro atoms. The highest BCUT2D eigenvalue weighted by atomic mass is 32.2. The average Bonchev–Trinajstić information content (AvgIpc) is 2.93. The van der Waals surface area contributed by atoms with E-state index < -0.39 is 0 Å². The lowest BCUT2D eigenvalue weighted by Crippen LogP contribution is -2.31. The van der Waals surface area contributed by atoms with Crippen molar-refractivity contribution < 1.29 is 0 Å². The molecule has 0 unspecified atom stereocenters. The summed E-state index contributed by atoms with van der Waals surface area (Å²) in [5.74, 6) is 1.27. The number of hydrogen-bond donors (Lipinski definition) is 0. The Morgan fingerprint density at radius 2 is 2.17 bits per heavy atom. The first-order chi connectivity index (χ1) is 8.83. The van der Waals surface area contributed by atoms with Crippen LogP contribution in [0.4, 0.5) is 0 Å². The molecule has 0 aromatic heterocycles. The fourth-order valence-corrected chi connectivity index (χ4v) is 5.71. The minimum absolute atomic E-state index is 0.721. The first kappa shape index (κ1) is 11.7. The molecule has 1 aromatic carbocycles. The molecule has 2 fully saturated rings. The van der Waals surface area contributed by atoms with Crippen LogP contribution in [-0.4, -0.2) is 23.1 Å². The summed E-state index contributed by atoms with van der Waals surface area (Å²) < 4.78 is 2.60. The van der Waals surface area contributed by atoms with Gasteiger partial charge in [0.25, 0.3) is 0 Å². The van der Waals surface area contributed by atoms with Crippen molar-refractivity contribution in [1.82, 2.24) is 4.31 Å². The van der Waals surface area contributed by atoms with Crippen LogP contribution in [0, 0.1) is 5.41 Å². The Hall–Kier alpha value is -0.120. The van der Waals surface area contributed by atoms with Crippen molar-refractivity contribution in [1.29, 1.82) is 0 Å². The maximum absolute atomic E-state index is 2.60. The summed E-state index contributed by atoms with van der Waals surface area (Å²) in [4.78, 5) is 2.97. The zero-order valence-electron chi connectivity index (χ0n) is 10.7. The van der Waals surface area contributed by atoms with Crippen LogP contribution >= 0.6 is 23.7 Å². The molecule has 96 valence electrons. The van der Waals surface area contributed by atoms with Crippen molar-refractivity contribution in [3.05, 3.63) is 23.8 Å². The van der Waals surface area contributed by atoms with Crippen LogP contribution in [0.3, 0.4) is 0 Å². The molecule has 18 heavy (non-hydrogen) atoms. The fraction of sp³-hybridized carbons (Fsp3) is 0.600. The summed E-state index contributed by atoms with van der Waals surface area (Å²) in [5, 5.41) is 0. The van der Waals surface area contributed by atoms with Crippen molar-refractivity contribution in [2.75, 3.05) is 18.8 Å². The molecule has 1 saturated carbocycles. The zero-order valence-corrected chi connectivity index (χ0v) is 12.3. The summed E-state index contributed by atoms with van der Waals surface area (Å²) >= 11 is 4.01. The largest absolute Gasteiger partial charge is 0.246 e. The van der Waals surface area contributed by atoms with Crippen molar-refractivity contribution in [3.63, 3.8) is 0 Å². The number of hydrogen-bond acceptors (Lipinski definition) is 3. The van der Waals surface area contributed by atoms with E-state index in [1.54, 1.807) is 5.56 Å². The summed E-state index contributed by atoms with van der Waals surface area (Å²) in [7, 11) is 0. The SMILES string of the molecule is c1cc2c(cc1SN1CCC3(CCC3)C1)SCC2. The fourth-order valence-electron chi connectivity index (χ4n) is 3.41. The van der Waals surface area contributed by atoms with Crippen LogP contribution in [0.2, 0.25) is 0 Å². The predicted molar refractivity (Wildman–Crippen MR) is 79.2 cm³/mol. The third-order valence-corrected chi connectivity index (χ3v) is 6.85. The number of fused-ring (bicyclic) bond motifs is 1. The molecule has 1 nitrogen and oxygen atoms in total. The third kappa shape index (κ3) is 2.00. The summed E-state index contributed by atoms with van der Waals surface area (Å²) in [6.45, 7) is 2.61. The molecular weight excluding hydrogens is 258 g/mol. The molecular formula is C15H19NS2. The predicted octanol–water partition coefficient (Wildman–Crippen LogP) is 4.22. The summed E-state index contributed by atoms with van der Waals surface area (Å²) in [6, 6.07) is 7.07. The van der Waals surface area contributed by atoms with E-state index in [1.165, 1.54) is 60.7 Å². The van der Waals surface area contributed by atoms with Crippen LogP contribution in [-0.2, 0) is 6.42 Å². The second-order valence-corrected chi connectivity index (χ2v) is 8.23. The summed E-state index contributed by atoms with van der Waals surface area (Å²) in [6.07, 6.45) is 7.11. The van der Waals surface area contributed by atoms with Crippen molar-refractivity contribution in [2.45, 2.75) is 41.9 Å². The van der Waals surface area contributed by atoms with Crippen LogP contribution in [0.25, 0.3) is 0 Å². The number of aryl methyl sites for hydroxylation is 1. The zero-order chi connectivity index (χ0) is 12.0. The maximum atomic E-state index is 2.60. The van der Waals surface area contributed by atoms with Crippen molar-refractivity contribution in [2.24, 2.45) is 5.41 Å². The summed E-state index contributed by atoms with van der Waals surface area (Å²) in [5.41, 5.74) is 2.28. The number of benzene rings is 1. The van der Waals surface area contributed by atoms with E-state index in [2.05, 4.69) is 22.5 Å². The molecule has 1 aliphatic carbocycles. The second-order valence-electron chi connectivity index (χ2n) is 5.93. The minimum atomic E-state index is 0.721. The maximum Gasteiger partial charge on any atom is 0.0241 e. The van der Waals surface area contributed by atoms with Gasteiger partial charge < -0.3 is 0 Å². The van der Waals surface area contributed by atoms with Gasteiger partial charge in [-0.1, -0.05) is 12.5 Å². The van der Waals surface area contributed by atoms with Gasteiger partial charge in [0.2, 0.25) is 0 Å². The van der Waals surface area contributed by atoms with Gasteiger partial charge in [-0.05, 0) is 60.7 Å². The van der Waals surface area contributed by atoms with Gasteiger partial charge in [-0.15, -0.1) is 11.8 Å². The van der Waals surface area contributed by atoms with Gasteiger partial charge in [0.05, 0.1) is 0 Å². The number of rotatable bonds is 2. The molecule has 0 N–H and O–H groups in total. The molecule has 0 atom stereocenters. The molecule has 3 heteroatoms. The Morgan fingerprint density at radius 1 is 1.22 bits per heavy atom. The molecule has 4 rings (SSSR count). The van der Waals surface area contributed by atoms with Crippen LogP contribution in [0.1, 0.15) is 31.2 Å². The molecule has 3 aliphatic rings. The lowest BCUT2D eigenvalue weighted by Gasteiger charge is -2.38. The first-order valence-corrected chi connectivity index (χ1v) is 8.78. The van der Waals surface area contributed by atoms with Gasteiger partial charge in [-0.3, -0.25) is 0 Å². The number of nitrogens with zero attached hydrogens (tertiary/aromatic N) is 1. The third-order valence-electron chi connectivity index (χ3n) is 4.72. The van der Waals surface area contributed by atoms with E-state index in [-0.39, 0.29) is 0 Å². The number of thioether (sulfide) groups is 1. The van der Waals surface area contributed by atoms with E-state index in [9.17, 15) is 0 Å². The van der Waals surface area contributed by atoms with E-state index >= 15 is 0 Å². The molecule has 1 saturated heterocycles. The van der Waals surface area contributed by atoms with Gasteiger partial charge in [0.15, 0.2) is 0 Å². The lowest BCUT2D eigenvalue weighted by molar-refractivity contribution is 0.155. The van der Waals surface area contributed by atoms with E-state index in [4.69, 9.17) is 0 Å². The Morgan fingerprint density at radius 3 is 2.94 bits per heavy atom. The highest BCUT2D eigenvalue weighted by Gasteiger charge is 2.42. The van der Waals surface area contributed by atoms with Gasteiger partial charge in [0, 0.05) is 28.6 Å². The topological polar surface area (TPSA) is 3.24 Å². The lowest BCUT2D eigenvalue weighted by atomic mass is 9.68. The molecule has 0 amide bonds. The van der Waals surface area contributed by atoms with Gasteiger partial charge in [0.1, 0.15) is 0 Å². The molecule has 2 heterocycles. The highest BCUT2D eigenvalue weighted by molar-refractivity contribution is 7.99. The van der Waals surface area contributed by atoms with Crippen molar-refractivity contribution in [3.8, 4) is 0 Å². The second kappa shape index (κ2) is 4.46. The smallest absolute Gasteiger partial charge is 0.0241 e. The quantitative estimate of drug-likeness (QED) is 0.745. The van der Waals surface area contributed by atoms with E-state index in [0.29, 0.717) is 0 Å². The van der Waals surface area contributed by atoms with Gasteiger partial charge >= 0.3 is 0 Å². The van der Waals surface area contributed by atoms with E-state index in [1.807, 2.05) is 23.7 Å². The van der Waals surface area contributed by atoms with Crippen LogP contribution in [0.5, 0.6) is 0 Å². The van der Waals surface area contributed by atoms with Gasteiger partial charge in [-0.2, -0.15) is 0 Å². The molecule has 2 aliphatic heterocycles. The molecule has 0 radical (unpaired) electrons. The Kier molecular flexibility index (Phi) is 2.90. The normalized spacial score (nSPS) is 25.3. The highest BCUT2D eigenvalue weighted by Crippen LogP contribution is 2.50. The van der Waals surface area contributed by atoms with Gasteiger partial charge in [-0.25, -0.2) is 4.31 Å². The standard InChI is InChI=1S/C15H19NS2/c1-5-15(6-1)7-8-16(11-15)18-13-3-2-12-4-9-17-14(12)10-13/h2-3,10H,1,4-9,11H2. The Labute approximate surface area is 118 Å². The minimum Gasteiger partial charge on any atom is -0.246 e. The Balaban J connectivity index is 1.45. The molecule has 0 bridgehead atoms.